The van der Waals surface area contributed by atoms with Crippen molar-refractivity contribution in [1.29, 1.82) is 0 Å². The first-order chi connectivity index (χ1) is 6.86. The summed E-state index contributed by atoms with van der Waals surface area (Å²) in [5, 5.41) is 12.3. The second-order valence-electron chi connectivity index (χ2n) is 2.69. The van der Waals surface area contributed by atoms with E-state index in [1.54, 1.807) is 5.51 Å². The summed E-state index contributed by atoms with van der Waals surface area (Å²) in [4.78, 5) is 0. The molecule has 0 aliphatic heterocycles. The van der Waals surface area contributed by atoms with Gasteiger partial charge in [0.25, 0.3) is 0 Å². The van der Waals surface area contributed by atoms with Crippen LogP contribution in [0, 0.1) is 0 Å². The molecule has 1 aromatic heterocycles. The van der Waals surface area contributed by atoms with Crippen LogP contribution in [0.1, 0.15) is 5.56 Å². The van der Waals surface area contributed by atoms with E-state index in [0.29, 0.717) is 6.54 Å². The Labute approximate surface area is 90.8 Å². The number of hydrogen-bond donors (Lipinski definition) is 1. The number of nitrogens with zero attached hydrogens (tertiary/aromatic N) is 2. The fourth-order valence-electron chi connectivity index (χ4n) is 1.06. The highest BCUT2D eigenvalue weighted by Gasteiger charge is 1.99. The van der Waals surface area contributed by atoms with Crippen LogP contribution in [0.5, 0.6) is 0 Å². The van der Waals surface area contributed by atoms with Gasteiger partial charge in [-0.2, -0.15) is 0 Å². The van der Waals surface area contributed by atoms with Gasteiger partial charge in [0.2, 0.25) is 5.13 Å². The van der Waals surface area contributed by atoms with E-state index in [9.17, 15) is 0 Å². The second kappa shape index (κ2) is 4.39. The zero-order valence-electron chi connectivity index (χ0n) is 7.27. The number of nitrogens with one attached hydrogen (secondary N) is 1. The molecule has 0 amide bonds. The van der Waals surface area contributed by atoms with Gasteiger partial charge < -0.3 is 5.32 Å². The molecule has 0 radical (unpaired) electrons. The summed E-state index contributed by atoms with van der Waals surface area (Å²) in [6, 6.07) is 7.73. The van der Waals surface area contributed by atoms with E-state index in [0.717, 1.165) is 15.7 Å². The summed E-state index contributed by atoms with van der Waals surface area (Å²) in [6.45, 7) is 0.675. The quantitative estimate of drug-likeness (QED) is 0.873. The van der Waals surface area contributed by atoms with Crippen molar-refractivity contribution in [3.63, 3.8) is 0 Å². The number of rotatable bonds is 3. The van der Waals surface area contributed by atoms with Gasteiger partial charge in [0.1, 0.15) is 5.51 Å². The van der Waals surface area contributed by atoms with Crippen LogP contribution >= 0.6 is 22.9 Å². The fraction of sp³-hybridized carbons (Fsp3) is 0.111. The lowest BCUT2D eigenvalue weighted by Crippen LogP contribution is -1.99. The third kappa shape index (κ3) is 2.21. The summed E-state index contributed by atoms with van der Waals surface area (Å²) >= 11 is 7.46. The first-order valence-corrected chi connectivity index (χ1v) is 5.35. The topological polar surface area (TPSA) is 37.8 Å². The normalized spacial score (nSPS) is 10.1. The SMILES string of the molecule is Clc1ccccc1CNc1nncs1. The molecular formula is C9H8ClN3S. The summed E-state index contributed by atoms with van der Waals surface area (Å²) in [7, 11) is 0. The smallest absolute Gasteiger partial charge is 0.205 e. The molecule has 0 spiro atoms. The van der Waals surface area contributed by atoms with Crippen molar-refractivity contribution >= 4 is 28.1 Å². The largest absolute Gasteiger partial charge is 0.356 e. The van der Waals surface area contributed by atoms with Gasteiger partial charge in [0.05, 0.1) is 0 Å². The van der Waals surface area contributed by atoms with Crippen molar-refractivity contribution in [3.8, 4) is 0 Å². The van der Waals surface area contributed by atoms with Crippen LogP contribution < -0.4 is 5.32 Å². The van der Waals surface area contributed by atoms with E-state index < -0.39 is 0 Å². The lowest BCUT2D eigenvalue weighted by Gasteiger charge is -2.03. The number of aromatic nitrogens is 2. The predicted octanol–water partition coefficient (Wildman–Crippen LogP) is 2.80. The molecular weight excluding hydrogens is 218 g/mol. The van der Waals surface area contributed by atoms with E-state index in [1.807, 2.05) is 24.3 Å². The number of benzene rings is 1. The maximum Gasteiger partial charge on any atom is 0.205 e. The number of anilines is 1. The molecule has 2 aromatic rings. The Morgan fingerprint density at radius 3 is 2.93 bits per heavy atom. The van der Waals surface area contributed by atoms with E-state index in [2.05, 4.69) is 15.5 Å². The standard InChI is InChI=1S/C9H8ClN3S/c10-8-4-2-1-3-7(8)5-11-9-13-12-6-14-9/h1-4,6H,5H2,(H,11,13). The van der Waals surface area contributed by atoms with E-state index in [1.165, 1.54) is 11.3 Å². The highest BCUT2D eigenvalue weighted by atomic mass is 35.5. The van der Waals surface area contributed by atoms with Gasteiger partial charge in [-0.1, -0.05) is 41.1 Å². The summed E-state index contributed by atoms with van der Waals surface area (Å²) in [5.41, 5.74) is 2.75. The lowest BCUT2D eigenvalue weighted by molar-refractivity contribution is 1.05. The molecule has 0 fully saturated rings. The van der Waals surface area contributed by atoms with Gasteiger partial charge >= 0.3 is 0 Å². The first-order valence-electron chi connectivity index (χ1n) is 4.10. The van der Waals surface area contributed by atoms with E-state index in [4.69, 9.17) is 11.6 Å². The summed E-state index contributed by atoms with van der Waals surface area (Å²) < 4.78 is 0. The molecule has 0 unspecified atom stereocenters. The van der Waals surface area contributed by atoms with Gasteiger partial charge in [-0.05, 0) is 11.6 Å². The monoisotopic (exact) mass is 225 g/mol. The zero-order valence-corrected chi connectivity index (χ0v) is 8.85. The number of hydrogen-bond acceptors (Lipinski definition) is 4. The Morgan fingerprint density at radius 1 is 1.36 bits per heavy atom. The molecule has 1 N–H and O–H groups in total. The molecule has 1 aromatic carbocycles. The second-order valence-corrected chi connectivity index (χ2v) is 3.93. The molecule has 0 saturated carbocycles. The lowest BCUT2D eigenvalue weighted by atomic mass is 10.2. The Hall–Kier alpha value is -1.13. The molecule has 0 bridgehead atoms. The maximum absolute atomic E-state index is 5.99. The molecule has 5 heteroatoms. The van der Waals surface area contributed by atoms with E-state index >= 15 is 0 Å². The average Bonchev–Trinajstić information content (AvgIpc) is 2.69. The van der Waals surface area contributed by atoms with Crippen LogP contribution in [0.4, 0.5) is 5.13 Å². The highest BCUT2D eigenvalue weighted by molar-refractivity contribution is 7.13. The van der Waals surface area contributed by atoms with E-state index in [-0.39, 0.29) is 0 Å². The van der Waals surface area contributed by atoms with Gasteiger partial charge in [-0.3, -0.25) is 0 Å². The molecule has 72 valence electrons. The fourth-order valence-corrected chi connectivity index (χ4v) is 1.71. The first kappa shape index (κ1) is 9.43. The molecule has 2 rings (SSSR count). The minimum absolute atomic E-state index is 0.675. The van der Waals surface area contributed by atoms with Gasteiger partial charge in [0.15, 0.2) is 0 Å². The van der Waals surface area contributed by atoms with Crippen LogP contribution in [0.2, 0.25) is 5.02 Å². The van der Waals surface area contributed by atoms with Crippen molar-refractivity contribution in [2.24, 2.45) is 0 Å². The number of halogens is 1. The Bertz CT molecular complexity index is 402. The van der Waals surface area contributed by atoms with Crippen molar-refractivity contribution in [1.82, 2.24) is 10.2 Å². The van der Waals surface area contributed by atoms with Crippen LogP contribution in [0.15, 0.2) is 29.8 Å². The summed E-state index contributed by atoms with van der Waals surface area (Å²) in [6.07, 6.45) is 0. The van der Waals surface area contributed by atoms with Crippen LogP contribution in [0.3, 0.4) is 0 Å². The summed E-state index contributed by atoms with van der Waals surface area (Å²) in [5.74, 6) is 0. The molecule has 14 heavy (non-hydrogen) atoms. The zero-order chi connectivity index (χ0) is 9.80. The third-order valence-electron chi connectivity index (χ3n) is 1.75. The third-order valence-corrected chi connectivity index (χ3v) is 2.77. The Morgan fingerprint density at radius 2 is 2.21 bits per heavy atom. The van der Waals surface area contributed by atoms with Crippen molar-refractivity contribution in [3.05, 3.63) is 40.4 Å². The molecule has 0 aliphatic carbocycles. The molecule has 0 saturated heterocycles. The van der Waals surface area contributed by atoms with Gasteiger partial charge in [-0.15, -0.1) is 10.2 Å². The van der Waals surface area contributed by atoms with Crippen molar-refractivity contribution in [2.75, 3.05) is 5.32 Å². The minimum atomic E-state index is 0.675. The van der Waals surface area contributed by atoms with Crippen molar-refractivity contribution in [2.45, 2.75) is 6.54 Å². The maximum atomic E-state index is 5.99. The minimum Gasteiger partial charge on any atom is -0.356 e. The predicted molar refractivity (Wildman–Crippen MR) is 58.7 cm³/mol. The van der Waals surface area contributed by atoms with Gasteiger partial charge in [0, 0.05) is 11.6 Å². The van der Waals surface area contributed by atoms with Crippen LogP contribution in [0.25, 0.3) is 0 Å². The molecule has 0 atom stereocenters. The highest BCUT2D eigenvalue weighted by Crippen LogP contribution is 2.17. The molecule has 1 heterocycles. The molecule has 0 aliphatic rings. The van der Waals surface area contributed by atoms with Crippen LogP contribution in [-0.2, 0) is 6.54 Å². The van der Waals surface area contributed by atoms with Crippen molar-refractivity contribution < 1.29 is 0 Å². The molecule has 3 nitrogen and oxygen atoms in total. The van der Waals surface area contributed by atoms with Crippen LogP contribution in [-0.4, -0.2) is 10.2 Å². The average molecular weight is 226 g/mol. The Balaban J connectivity index is 2.02. The Kier molecular flexibility index (Phi) is 2.96. The van der Waals surface area contributed by atoms with Gasteiger partial charge in [-0.25, -0.2) is 0 Å².